The molecule has 0 saturated carbocycles. The van der Waals surface area contributed by atoms with Crippen LogP contribution >= 0.6 is 23.2 Å². The molecule has 0 aromatic heterocycles. The van der Waals surface area contributed by atoms with Crippen molar-refractivity contribution >= 4 is 40.4 Å². The number of hydrogen-bond acceptors (Lipinski definition) is 7. The van der Waals surface area contributed by atoms with Crippen LogP contribution in [0.15, 0.2) is 0 Å². The highest BCUT2D eigenvalue weighted by Gasteiger charge is 2.21. The predicted octanol–water partition coefficient (Wildman–Crippen LogP) is 21.8. The minimum Gasteiger partial charge on any atom is -0.481 e. The molecule has 0 aromatic rings. The Morgan fingerprint density at radius 1 is 0.375 bits per heavy atom. The van der Waals surface area contributed by atoms with Crippen molar-refractivity contribution in [1.29, 1.82) is 0 Å². The van der Waals surface area contributed by atoms with E-state index in [1.807, 2.05) is 20.8 Å². The van der Waals surface area contributed by atoms with Crippen molar-refractivity contribution in [3.05, 3.63) is 0 Å². The maximum atomic E-state index is 11.3. The van der Waals surface area contributed by atoms with E-state index in [9.17, 15) is 14.4 Å². The van der Waals surface area contributed by atoms with Crippen LogP contribution in [0.2, 0.25) is 0 Å². The average Bonchev–Trinajstić information content (AvgIpc) is 3.32. The smallest absolute Gasteiger partial charge is 0.307 e. The van der Waals surface area contributed by atoms with E-state index in [0.717, 1.165) is 38.5 Å². The van der Waals surface area contributed by atoms with Gasteiger partial charge in [-0.2, -0.15) is 0 Å². The minimum absolute atomic E-state index is 0.135. The molecule has 1 heterocycles. The fraction of sp³-hybridized carbons (Fsp3) is 0.952. The van der Waals surface area contributed by atoms with E-state index in [1.54, 1.807) is 6.92 Å². The maximum Gasteiger partial charge on any atom is 0.307 e. The largest absolute Gasteiger partial charge is 0.481 e. The second-order valence-electron chi connectivity index (χ2n) is 21.0. The van der Waals surface area contributed by atoms with E-state index in [2.05, 4.69) is 20.8 Å². The van der Waals surface area contributed by atoms with Crippen LogP contribution in [0.3, 0.4) is 0 Å². The Bertz CT molecular complexity index is 1010. The topological polar surface area (TPSA) is 108 Å². The molecule has 0 aromatic carbocycles. The van der Waals surface area contributed by atoms with Crippen LogP contribution in [0.1, 0.15) is 357 Å². The number of halogens is 2. The molecule has 1 aliphatic rings. The van der Waals surface area contributed by atoms with Crippen LogP contribution in [-0.2, 0) is 33.3 Å². The molecule has 0 amide bonds. The molecule has 432 valence electrons. The average molecular weight is 1070 g/mol. The van der Waals surface area contributed by atoms with Crippen molar-refractivity contribution in [1.82, 2.24) is 0 Å². The first-order valence-electron chi connectivity index (χ1n) is 31.1. The summed E-state index contributed by atoms with van der Waals surface area (Å²) in [6.45, 7) is 14.1. The van der Waals surface area contributed by atoms with E-state index in [1.165, 1.54) is 250 Å². The summed E-state index contributed by atoms with van der Waals surface area (Å²) >= 11 is 10.9. The Kier molecular flexibility index (Phi) is 67.3. The summed E-state index contributed by atoms with van der Waals surface area (Å²) in [5.74, 6) is -0.818. The molecule has 8 nitrogen and oxygen atoms in total. The van der Waals surface area contributed by atoms with Crippen molar-refractivity contribution < 1.29 is 38.4 Å². The number of carboxylic acid groups (broad SMARTS) is 1. The van der Waals surface area contributed by atoms with Crippen LogP contribution in [0.25, 0.3) is 0 Å². The number of esters is 1. The summed E-state index contributed by atoms with van der Waals surface area (Å²) in [6.07, 6.45) is 61.2. The highest BCUT2D eigenvalue weighted by molar-refractivity contribution is 6.63. The molecule has 0 spiro atoms. The molecule has 10 heteroatoms. The van der Waals surface area contributed by atoms with Crippen molar-refractivity contribution in [2.75, 3.05) is 0 Å². The Morgan fingerprint density at radius 3 is 0.764 bits per heavy atom. The van der Waals surface area contributed by atoms with E-state index in [-0.39, 0.29) is 30.1 Å². The normalized spacial score (nSPS) is 15.6. The van der Waals surface area contributed by atoms with E-state index in [4.69, 9.17) is 47.3 Å². The minimum atomic E-state index is -0.653. The van der Waals surface area contributed by atoms with Gasteiger partial charge in [0.05, 0.1) is 0 Å². The third-order valence-electron chi connectivity index (χ3n) is 13.4. The van der Waals surface area contributed by atoms with Crippen molar-refractivity contribution in [3.63, 3.8) is 0 Å². The summed E-state index contributed by atoms with van der Waals surface area (Å²) < 4.78 is 20.2. The summed E-state index contributed by atoms with van der Waals surface area (Å²) in [7, 11) is 0. The lowest BCUT2D eigenvalue weighted by Crippen LogP contribution is -2.35. The molecule has 1 atom stereocenters. The van der Waals surface area contributed by atoms with Gasteiger partial charge in [-0.25, -0.2) is 0 Å². The van der Waals surface area contributed by atoms with Gasteiger partial charge in [0.1, 0.15) is 0 Å². The Hall–Kier alpha value is -0.930. The summed E-state index contributed by atoms with van der Waals surface area (Å²) in [6, 6.07) is 0. The molecule has 1 aliphatic heterocycles. The fourth-order valence-corrected chi connectivity index (χ4v) is 9.30. The number of carbonyl (C=O) groups excluding carboxylic acids is 2. The number of ether oxygens (including phenoxy) is 4. The molecule has 1 fully saturated rings. The van der Waals surface area contributed by atoms with Gasteiger partial charge in [-0.1, -0.05) is 302 Å². The quantitative estimate of drug-likeness (QED) is 0.0278. The van der Waals surface area contributed by atoms with Gasteiger partial charge in [0, 0.05) is 19.3 Å². The van der Waals surface area contributed by atoms with E-state index >= 15 is 0 Å². The number of rotatable bonds is 49. The van der Waals surface area contributed by atoms with Crippen molar-refractivity contribution in [3.8, 4) is 0 Å². The van der Waals surface area contributed by atoms with Crippen LogP contribution in [0, 0.1) is 0 Å². The summed E-state index contributed by atoms with van der Waals surface area (Å²) in [5, 5.41) is 8.34. The standard InChI is InChI=1S/C20H39ClO2.C18H35ClO.C18H36O2.C6H12O3/c1-3-4-5-6-7-8-9-10-11-12-13-14-15-16-17-18-20(22)23-19(2)21;2*1-2-3-4-5-6-7-8-9-10-11-12-13-14-15-16-17-18(19)20;1-4-7-5(2)9-6(3)8-4/h19H,3-18H2,1-2H3;2-17H2,1H3;2-17H2,1H3,(H,19,20);4-6H,1-3H3. The van der Waals surface area contributed by atoms with E-state index in [0.29, 0.717) is 19.3 Å². The number of alkyl halides is 1. The summed E-state index contributed by atoms with van der Waals surface area (Å²) in [5.41, 5.74) is -0.501. The number of aliphatic carboxylic acids is 1. The molecule has 1 rings (SSSR count). The number of carboxylic acids is 1. The third-order valence-corrected chi connectivity index (χ3v) is 13.7. The highest BCUT2D eigenvalue weighted by atomic mass is 35.5. The van der Waals surface area contributed by atoms with Crippen molar-refractivity contribution in [2.24, 2.45) is 0 Å². The summed E-state index contributed by atoms with van der Waals surface area (Å²) in [4.78, 5) is 32.2. The molecule has 0 radical (unpaired) electrons. The van der Waals surface area contributed by atoms with Gasteiger partial charge in [-0.05, 0) is 58.6 Å². The number of unbranched alkanes of at least 4 members (excludes halogenated alkanes) is 42. The maximum absolute atomic E-state index is 11.3. The van der Waals surface area contributed by atoms with Gasteiger partial charge in [0.2, 0.25) is 5.24 Å². The third kappa shape index (κ3) is 73.3. The number of carbonyl (C=O) groups is 3. The second-order valence-corrected chi connectivity index (χ2v) is 22.0. The van der Waals surface area contributed by atoms with Crippen LogP contribution in [-0.4, -0.2) is 46.7 Å². The van der Waals surface area contributed by atoms with Crippen LogP contribution in [0.4, 0.5) is 0 Å². The van der Waals surface area contributed by atoms with Crippen LogP contribution in [0.5, 0.6) is 0 Å². The molecule has 1 saturated heterocycles. The Morgan fingerprint density at radius 2 is 0.569 bits per heavy atom. The van der Waals surface area contributed by atoms with Gasteiger partial charge < -0.3 is 24.1 Å². The van der Waals surface area contributed by atoms with Gasteiger partial charge in [-0.15, -0.1) is 0 Å². The Balaban J connectivity index is -0.000000913. The first-order valence-corrected chi connectivity index (χ1v) is 31.9. The predicted molar refractivity (Wildman–Crippen MR) is 310 cm³/mol. The molecule has 1 unspecified atom stereocenters. The zero-order valence-electron chi connectivity index (χ0n) is 48.8. The first-order chi connectivity index (χ1) is 34.9. The van der Waals surface area contributed by atoms with Gasteiger partial charge in [-0.3, -0.25) is 14.4 Å². The van der Waals surface area contributed by atoms with Crippen LogP contribution < -0.4 is 0 Å². The Labute approximate surface area is 457 Å². The van der Waals surface area contributed by atoms with Gasteiger partial charge in [0.25, 0.3) is 0 Å². The molecule has 72 heavy (non-hydrogen) atoms. The molecular formula is C62H122Cl2O8. The van der Waals surface area contributed by atoms with Gasteiger partial charge in [0.15, 0.2) is 24.4 Å². The lowest BCUT2D eigenvalue weighted by Gasteiger charge is -2.30. The first kappa shape index (κ1) is 75.3. The molecule has 0 bridgehead atoms. The lowest BCUT2D eigenvalue weighted by atomic mass is 10.0. The molecule has 1 N–H and O–H groups in total. The van der Waals surface area contributed by atoms with E-state index < -0.39 is 11.5 Å². The number of hydrogen-bond donors (Lipinski definition) is 1. The zero-order valence-corrected chi connectivity index (χ0v) is 50.3. The molecule has 0 aliphatic carbocycles. The SMILES string of the molecule is CC1OC(C)OC(C)O1.CCCCCCCCCCCCCCCCCC(=O)Cl.CCCCCCCCCCCCCCCCCC(=O)O.CCCCCCCCCCCCCCCCCC(=O)OC(C)Cl. The fourth-order valence-electron chi connectivity index (χ4n) is 9.07. The highest BCUT2D eigenvalue weighted by Crippen LogP contribution is 2.18. The van der Waals surface area contributed by atoms with Gasteiger partial charge >= 0.3 is 11.9 Å². The zero-order chi connectivity index (χ0) is 53.8. The lowest BCUT2D eigenvalue weighted by molar-refractivity contribution is -0.367. The monoisotopic (exact) mass is 1060 g/mol. The second kappa shape index (κ2) is 64.4. The molecular weight excluding hydrogens is 944 g/mol. The van der Waals surface area contributed by atoms with Crippen molar-refractivity contribution in [2.45, 2.75) is 381 Å².